The molecule has 0 aliphatic rings. The van der Waals surface area contributed by atoms with E-state index in [1.165, 1.54) is 30.4 Å². The topological polar surface area (TPSA) is 367 Å². The van der Waals surface area contributed by atoms with Crippen LogP contribution in [0, 0.1) is 6.07 Å². The van der Waals surface area contributed by atoms with E-state index in [0.717, 1.165) is 6.07 Å². The molecule has 1 atom stereocenters. The van der Waals surface area contributed by atoms with Gasteiger partial charge in [0.2, 0.25) is 35.7 Å². The number of nitrogens with one attached hydrogen (secondary N) is 6. The first-order valence-electron chi connectivity index (χ1n) is 17.9. The summed E-state index contributed by atoms with van der Waals surface area (Å²) >= 11 is 0. The number of aliphatic carboxylic acids is 4. The van der Waals surface area contributed by atoms with Crippen LogP contribution >= 0.6 is 0 Å². The summed E-state index contributed by atoms with van der Waals surface area (Å²) in [6.45, 7) is 0. The monoisotopic (exact) mass is 1010 g/mol. The fourth-order valence-electron chi connectivity index (χ4n) is 5.29. The van der Waals surface area contributed by atoms with Crippen LogP contribution in [0.4, 0.5) is 58.4 Å². The minimum Gasteiger partial charge on any atom is -0.744 e. The van der Waals surface area contributed by atoms with E-state index in [-0.39, 0.29) is 212 Å². The van der Waals surface area contributed by atoms with Gasteiger partial charge in [0, 0.05) is 29.5 Å². The van der Waals surface area contributed by atoms with Crippen LogP contribution in [0.15, 0.2) is 102 Å². The fraction of sp³-hybridized carbons (Fsp3) is 0.0769. The Labute approximate surface area is 526 Å². The Hall–Kier alpha value is -2.77. The van der Waals surface area contributed by atoms with E-state index < -0.39 is 69.3 Å². The van der Waals surface area contributed by atoms with Crippen molar-refractivity contribution in [1.82, 2.24) is 29.9 Å². The van der Waals surface area contributed by atoms with Gasteiger partial charge in [0.15, 0.2) is 0 Å². The number of carbonyl (C=O) groups excluding carboxylic acids is 4. The van der Waals surface area contributed by atoms with Crippen LogP contribution in [0.3, 0.4) is 0 Å². The number of rotatable bonds is 20. The molecule has 2 aromatic heterocycles. The molecule has 23 nitrogen and oxygen atoms in total. The molecule has 322 valence electrons. The average molecular weight is 1010 g/mol. The molecule has 69 heavy (non-hydrogen) atoms. The molecule has 6 N–H and O–H groups in total. The minimum atomic E-state index is -5.11. The largest absolute Gasteiger partial charge is 1.00 e. The van der Waals surface area contributed by atoms with E-state index in [9.17, 15) is 52.6 Å². The number of aromatic nitrogens is 6. The van der Waals surface area contributed by atoms with E-state index in [0.29, 0.717) is 22.6 Å². The predicted molar refractivity (Wildman–Crippen MR) is 214 cm³/mol. The van der Waals surface area contributed by atoms with Crippen LogP contribution in [0.5, 0.6) is 0 Å². The number of carboxylic acids is 4. The Balaban J connectivity index is 0.00000771. The van der Waals surface area contributed by atoms with Gasteiger partial charge in [-0.15, -0.1) is 30.3 Å². The second-order valence-corrected chi connectivity index (χ2v) is 14.1. The Kier molecular flexibility index (Phi) is 30.4. The van der Waals surface area contributed by atoms with Gasteiger partial charge < -0.3 is 76.1 Å². The van der Waals surface area contributed by atoms with Gasteiger partial charge in [-0.1, -0.05) is 48.5 Å². The van der Waals surface area contributed by atoms with Gasteiger partial charge in [-0.05, 0) is 47.6 Å². The number of nitrogens with zero attached hydrogens (tertiary/aromatic N) is 6. The SMILES string of the molecule is O=C([O-])CC(Nc1nc(Nc2ccccc2)nc(Nc2ccc(/C=C/c3[c-]cc(Nc4nc(Nc5ccccc5)nc(NC(C(=O)[O-])C(=O)[O-])n4)cc3)c(S(=O)(=O)[O-])c2)n1)C(=O)[O-].[Na+].[Na+].[Na+].[Na+].[Na+].[Na+]. The molecular weight excluding hydrogens is 983 g/mol. The van der Waals surface area contributed by atoms with Crippen LogP contribution in [0.1, 0.15) is 17.5 Å². The molecule has 6 rings (SSSR count). The Morgan fingerprint density at radius 3 is 1.39 bits per heavy atom. The molecule has 0 aliphatic heterocycles. The third-order valence-electron chi connectivity index (χ3n) is 8.11. The Morgan fingerprint density at radius 2 is 0.971 bits per heavy atom. The maximum absolute atomic E-state index is 12.4. The van der Waals surface area contributed by atoms with Crippen molar-refractivity contribution < 1.29 is 230 Å². The summed E-state index contributed by atoms with van der Waals surface area (Å²) in [6.07, 6.45) is 1.81. The van der Waals surface area contributed by atoms with Crippen LogP contribution < -0.4 is 230 Å². The van der Waals surface area contributed by atoms with E-state index >= 15 is 0 Å². The van der Waals surface area contributed by atoms with Gasteiger partial charge in [0.05, 0.1) is 28.8 Å². The Morgan fingerprint density at radius 1 is 0.536 bits per heavy atom. The third-order valence-corrected chi connectivity index (χ3v) is 9.00. The summed E-state index contributed by atoms with van der Waals surface area (Å²) in [4.78, 5) is 69.5. The van der Waals surface area contributed by atoms with Crippen molar-refractivity contribution >= 4 is 105 Å². The maximum atomic E-state index is 12.4. The molecule has 0 aliphatic carbocycles. The summed E-state index contributed by atoms with van der Waals surface area (Å²) in [6, 6.07) is 24.2. The molecule has 6 aromatic rings. The molecule has 1 unspecified atom stereocenters. The maximum Gasteiger partial charge on any atom is 1.00 e. The summed E-state index contributed by atoms with van der Waals surface area (Å²) in [5, 5.41) is 61.3. The number of benzene rings is 4. The zero-order chi connectivity index (χ0) is 45.1. The summed E-state index contributed by atoms with van der Waals surface area (Å²) < 4.78 is 37.3. The minimum absolute atomic E-state index is 0. The van der Waals surface area contributed by atoms with Gasteiger partial charge in [-0.25, -0.2) is 8.42 Å². The van der Waals surface area contributed by atoms with E-state index in [1.54, 1.807) is 72.8 Å². The fourth-order valence-corrected chi connectivity index (χ4v) is 5.98. The van der Waals surface area contributed by atoms with Crippen molar-refractivity contribution in [3.63, 3.8) is 0 Å². The van der Waals surface area contributed by atoms with Crippen molar-refractivity contribution in [2.24, 2.45) is 0 Å². The number of hydrogen-bond acceptors (Lipinski definition) is 23. The summed E-state index contributed by atoms with van der Waals surface area (Å²) in [5.74, 6) is -8.97. The number of carboxylic acid groups (broad SMARTS) is 4. The zero-order valence-corrected chi connectivity index (χ0v) is 50.7. The molecule has 2 heterocycles. The second kappa shape index (κ2) is 31.6. The number of hydrogen-bond donors (Lipinski definition) is 6. The van der Waals surface area contributed by atoms with Crippen molar-refractivity contribution in [3.8, 4) is 0 Å². The third kappa shape index (κ3) is 21.1. The van der Waals surface area contributed by atoms with Crippen LogP contribution in [0.25, 0.3) is 12.2 Å². The molecule has 30 heteroatoms. The predicted octanol–water partition coefficient (Wildman–Crippen LogP) is -19.1. The molecule has 0 saturated carbocycles. The number of carbonyl (C=O) groups is 4. The Bertz CT molecular complexity index is 2800. The molecule has 0 saturated heterocycles. The number of para-hydroxylation sites is 2. The van der Waals surface area contributed by atoms with Crippen molar-refractivity contribution in [2.75, 3.05) is 31.9 Å². The molecule has 4 aromatic carbocycles. The first kappa shape index (κ1) is 66.2. The van der Waals surface area contributed by atoms with Gasteiger partial charge in [0.1, 0.15) is 16.2 Å². The van der Waals surface area contributed by atoms with E-state index in [2.05, 4.69) is 67.9 Å². The molecular formula is C39H28N12Na6O11S. The van der Waals surface area contributed by atoms with Crippen LogP contribution in [-0.2, 0) is 29.3 Å². The second-order valence-electron chi connectivity index (χ2n) is 12.7. The van der Waals surface area contributed by atoms with Gasteiger partial charge in [-0.3, -0.25) is 0 Å². The van der Waals surface area contributed by atoms with Crippen LogP contribution in [0.2, 0.25) is 0 Å². The quantitative estimate of drug-likeness (QED) is 0.0136. The number of anilines is 10. The van der Waals surface area contributed by atoms with E-state index in [1.807, 2.05) is 0 Å². The normalized spacial score (nSPS) is 10.6. The summed E-state index contributed by atoms with van der Waals surface area (Å²) in [7, 11) is -5.11. The standard InChI is InChI=1S/C39H33N12O11S.6Na/c52-29(53)20-27(31(54)55)44-38-48-34(40-23-7-3-1-4-8-23)47-37(49-38)43-26-18-15-22(28(19-26)63(60,61)62)14-11-21-12-16-25(17-13-21)42-36-46-35(41-24-9-5-2-6-10-24)50-39(51-36)45-30(32(56)57)33(58)59;;;;;;/h1-12,14-19,27,30H,20H2,(H,52,53)(H,54,55)(H,56,57)(H,58,59)(H,60,61,62)(H3,40,43,44,47,48,49)(H3,41,42,45,46,50,51);;;;;;/q-1;6*+1/p-5/b14-11+;;;;;;. The van der Waals surface area contributed by atoms with Crippen molar-refractivity contribution in [1.29, 1.82) is 0 Å². The molecule has 0 bridgehead atoms. The molecule has 0 spiro atoms. The van der Waals surface area contributed by atoms with E-state index in [4.69, 9.17) is 0 Å². The summed E-state index contributed by atoms with van der Waals surface area (Å²) in [5.41, 5.74) is 1.78. The average Bonchev–Trinajstić information content (AvgIpc) is 3.22. The molecule has 0 amide bonds. The van der Waals surface area contributed by atoms with Gasteiger partial charge in [0.25, 0.3) is 0 Å². The molecule has 0 radical (unpaired) electrons. The van der Waals surface area contributed by atoms with Gasteiger partial charge >= 0.3 is 177 Å². The smallest absolute Gasteiger partial charge is 0.744 e. The van der Waals surface area contributed by atoms with Gasteiger partial charge in [-0.2, -0.15) is 35.5 Å². The first-order chi connectivity index (χ1) is 30.1. The first-order valence-corrected chi connectivity index (χ1v) is 19.3. The zero-order valence-electron chi connectivity index (χ0n) is 37.8. The van der Waals surface area contributed by atoms with Crippen molar-refractivity contribution in [2.45, 2.75) is 23.4 Å². The van der Waals surface area contributed by atoms with Crippen molar-refractivity contribution in [3.05, 3.63) is 114 Å². The van der Waals surface area contributed by atoms with Crippen LogP contribution in [-0.4, -0.2) is 78.8 Å². The molecule has 0 fully saturated rings.